The van der Waals surface area contributed by atoms with E-state index in [0.717, 1.165) is 74.1 Å². The van der Waals surface area contributed by atoms with Crippen LogP contribution in [0, 0.1) is 0 Å². The van der Waals surface area contributed by atoms with Crippen molar-refractivity contribution < 1.29 is 19.3 Å². The summed E-state index contributed by atoms with van der Waals surface area (Å²) in [6, 6.07) is 9.76. The van der Waals surface area contributed by atoms with E-state index >= 15 is 0 Å². The highest BCUT2D eigenvalue weighted by atomic mass is 16.5. The number of benzene rings is 2. The second-order valence-electron chi connectivity index (χ2n) is 7.61. The Labute approximate surface area is 160 Å². The number of hydrogen-bond acceptors (Lipinski definition) is 5. The molecule has 5 nitrogen and oxygen atoms in total. The first-order chi connectivity index (χ1) is 13.2. The van der Waals surface area contributed by atoms with Crippen LogP contribution >= 0.6 is 0 Å². The lowest BCUT2D eigenvalue weighted by Gasteiger charge is -2.28. The Morgan fingerprint density at radius 2 is 1.70 bits per heavy atom. The van der Waals surface area contributed by atoms with Crippen molar-refractivity contribution in [2.75, 3.05) is 33.4 Å². The van der Waals surface area contributed by atoms with E-state index in [2.05, 4.69) is 4.90 Å². The van der Waals surface area contributed by atoms with E-state index < -0.39 is 0 Å². The first-order valence-corrected chi connectivity index (χ1v) is 9.97. The van der Waals surface area contributed by atoms with Gasteiger partial charge in [-0.25, -0.2) is 0 Å². The predicted molar refractivity (Wildman–Crippen MR) is 105 cm³/mol. The van der Waals surface area contributed by atoms with E-state index in [1.165, 1.54) is 0 Å². The van der Waals surface area contributed by atoms with Crippen LogP contribution < -0.4 is 4.74 Å². The van der Waals surface area contributed by atoms with E-state index in [9.17, 15) is 5.11 Å². The van der Waals surface area contributed by atoms with E-state index in [1.807, 2.05) is 24.3 Å². The number of rotatable bonds is 7. The maximum Gasteiger partial charge on any atom is 0.120 e. The maximum absolute atomic E-state index is 10.6. The number of aromatic hydroxyl groups is 1. The summed E-state index contributed by atoms with van der Waals surface area (Å²) in [5.41, 5.74) is 0.947. The lowest BCUT2D eigenvalue weighted by Crippen LogP contribution is -2.37. The summed E-state index contributed by atoms with van der Waals surface area (Å²) in [7, 11) is 1.67. The molecule has 2 fully saturated rings. The summed E-state index contributed by atoms with van der Waals surface area (Å²) < 4.78 is 17.2. The van der Waals surface area contributed by atoms with E-state index in [-0.39, 0.29) is 12.2 Å². The smallest absolute Gasteiger partial charge is 0.120 e. The van der Waals surface area contributed by atoms with Gasteiger partial charge in [-0.15, -0.1) is 0 Å². The van der Waals surface area contributed by atoms with Gasteiger partial charge in [0.2, 0.25) is 0 Å². The summed E-state index contributed by atoms with van der Waals surface area (Å²) in [6.45, 7) is 4.14. The van der Waals surface area contributed by atoms with Crippen molar-refractivity contribution in [3.63, 3.8) is 0 Å². The largest absolute Gasteiger partial charge is 0.508 e. The molecule has 0 saturated carbocycles. The Balaban J connectivity index is 1.61. The molecule has 0 radical (unpaired) electrons. The number of hydrogen-bond donors (Lipinski definition) is 1. The molecular weight excluding hydrogens is 342 g/mol. The molecule has 0 aliphatic carbocycles. The maximum atomic E-state index is 10.6. The van der Waals surface area contributed by atoms with Crippen molar-refractivity contribution in [1.82, 2.24) is 4.90 Å². The Hall–Kier alpha value is -1.82. The van der Waals surface area contributed by atoms with Crippen molar-refractivity contribution in [3.05, 3.63) is 35.9 Å². The SMILES string of the molecule is COc1ccc2ccc(O)c(CN(CC3CCCO3)CC3CCCO3)c2c1. The van der Waals surface area contributed by atoms with Crippen LogP contribution in [-0.4, -0.2) is 55.6 Å². The molecule has 0 aromatic heterocycles. The zero-order valence-corrected chi connectivity index (χ0v) is 16.0. The highest BCUT2D eigenvalue weighted by Gasteiger charge is 2.25. The Morgan fingerprint density at radius 1 is 1.04 bits per heavy atom. The fourth-order valence-corrected chi connectivity index (χ4v) is 4.22. The minimum atomic E-state index is 0.276. The zero-order valence-electron chi connectivity index (χ0n) is 16.0. The average molecular weight is 371 g/mol. The number of phenolic OH excluding ortho intramolecular Hbond substituents is 1. The molecule has 0 bridgehead atoms. The summed E-state index contributed by atoms with van der Waals surface area (Å²) in [5.74, 6) is 1.14. The van der Waals surface area contributed by atoms with Crippen LogP contribution in [0.25, 0.3) is 10.8 Å². The van der Waals surface area contributed by atoms with Crippen LogP contribution in [0.3, 0.4) is 0 Å². The van der Waals surface area contributed by atoms with Crippen LogP contribution in [0.15, 0.2) is 30.3 Å². The van der Waals surface area contributed by atoms with Crippen LogP contribution in [0.1, 0.15) is 31.2 Å². The highest BCUT2D eigenvalue weighted by molar-refractivity contribution is 5.88. The minimum absolute atomic E-state index is 0.276. The average Bonchev–Trinajstić information content (AvgIpc) is 3.38. The topological polar surface area (TPSA) is 51.2 Å². The quantitative estimate of drug-likeness (QED) is 0.804. The van der Waals surface area contributed by atoms with Gasteiger partial charge in [-0.1, -0.05) is 12.1 Å². The molecule has 146 valence electrons. The van der Waals surface area contributed by atoms with Gasteiger partial charge in [0.25, 0.3) is 0 Å². The van der Waals surface area contributed by atoms with Crippen LogP contribution in [0.5, 0.6) is 11.5 Å². The zero-order chi connectivity index (χ0) is 18.6. The summed E-state index contributed by atoms with van der Waals surface area (Å²) >= 11 is 0. The van der Waals surface area contributed by atoms with Gasteiger partial charge in [0.05, 0.1) is 19.3 Å². The third kappa shape index (κ3) is 4.37. The first kappa shape index (κ1) is 18.5. The van der Waals surface area contributed by atoms with Crippen molar-refractivity contribution >= 4 is 10.8 Å². The van der Waals surface area contributed by atoms with Crippen LogP contribution in [0.4, 0.5) is 0 Å². The normalized spacial score (nSPS) is 22.7. The van der Waals surface area contributed by atoms with Gasteiger partial charge in [-0.05, 0) is 54.7 Å². The van der Waals surface area contributed by atoms with Crippen molar-refractivity contribution in [1.29, 1.82) is 0 Å². The Morgan fingerprint density at radius 3 is 2.30 bits per heavy atom. The van der Waals surface area contributed by atoms with Crippen molar-refractivity contribution in [2.24, 2.45) is 0 Å². The van der Waals surface area contributed by atoms with Gasteiger partial charge in [0.15, 0.2) is 0 Å². The van der Waals surface area contributed by atoms with Gasteiger partial charge in [-0.3, -0.25) is 4.90 Å². The van der Waals surface area contributed by atoms with E-state index in [1.54, 1.807) is 13.2 Å². The fourth-order valence-electron chi connectivity index (χ4n) is 4.22. The van der Waals surface area contributed by atoms with Crippen LogP contribution in [-0.2, 0) is 16.0 Å². The molecule has 1 N–H and O–H groups in total. The minimum Gasteiger partial charge on any atom is -0.508 e. The molecule has 0 amide bonds. The van der Waals surface area contributed by atoms with Crippen LogP contribution in [0.2, 0.25) is 0 Å². The molecule has 27 heavy (non-hydrogen) atoms. The number of fused-ring (bicyclic) bond motifs is 1. The number of phenols is 1. The highest BCUT2D eigenvalue weighted by Crippen LogP contribution is 2.32. The van der Waals surface area contributed by atoms with Gasteiger partial charge < -0.3 is 19.3 Å². The summed E-state index contributed by atoms with van der Waals surface area (Å²) in [6.07, 6.45) is 5.04. The number of nitrogens with zero attached hydrogens (tertiary/aromatic N) is 1. The fraction of sp³-hybridized carbons (Fsp3) is 0.545. The first-order valence-electron chi connectivity index (χ1n) is 9.97. The number of ether oxygens (including phenoxy) is 3. The van der Waals surface area contributed by atoms with Gasteiger partial charge in [0, 0.05) is 38.4 Å². The third-order valence-electron chi connectivity index (χ3n) is 5.67. The molecule has 5 heteroatoms. The molecule has 4 rings (SSSR count). The second-order valence-corrected chi connectivity index (χ2v) is 7.61. The van der Waals surface area contributed by atoms with Crippen molar-refractivity contribution in [2.45, 2.75) is 44.4 Å². The van der Waals surface area contributed by atoms with E-state index in [0.29, 0.717) is 12.3 Å². The molecule has 0 spiro atoms. The molecular formula is C22H29NO4. The second kappa shape index (κ2) is 8.46. The molecule has 2 aliphatic heterocycles. The Bertz CT molecular complexity index is 748. The van der Waals surface area contributed by atoms with Gasteiger partial charge >= 0.3 is 0 Å². The summed E-state index contributed by atoms with van der Waals surface area (Å²) in [4.78, 5) is 2.39. The molecule has 2 saturated heterocycles. The van der Waals surface area contributed by atoms with E-state index in [4.69, 9.17) is 14.2 Å². The lowest BCUT2D eigenvalue weighted by atomic mass is 10.0. The molecule has 2 unspecified atom stereocenters. The van der Waals surface area contributed by atoms with Gasteiger partial charge in [0.1, 0.15) is 11.5 Å². The standard InChI is InChI=1S/C22H29NO4/c1-25-17-8-6-16-7-9-22(24)21(20(16)12-17)15-23(13-18-4-2-10-26-18)14-19-5-3-11-27-19/h6-9,12,18-19,24H,2-5,10-11,13-15H2,1H3. The molecule has 2 heterocycles. The molecule has 2 aromatic rings. The Kier molecular flexibility index (Phi) is 5.81. The third-order valence-corrected chi connectivity index (χ3v) is 5.67. The molecule has 2 aromatic carbocycles. The lowest BCUT2D eigenvalue weighted by molar-refractivity contribution is 0.0344. The predicted octanol–water partition coefficient (Wildman–Crippen LogP) is 3.71. The molecule has 2 atom stereocenters. The van der Waals surface area contributed by atoms with Crippen molar-refractivity contribution in [3.8, 4) is 11.5 Å². The number of methoxy groups -OCH3 is 1. The van der Waals surface area contributed by atoms with Gasteiger partial charge in [-0.2, -0.15) is 0 Å². The summed E-state index contributed by atoms with van der Waals surface area (Å²) in [5, 5.41) is 12.8. The monoisotopic (exact) mass is 371 g/mol. The molecule has 2 aliphatic rings.